The zero-order chi connectivity index (χ0) is 8.39. The lowest BCUT2D eigenvalue weighted by Gasteiger charge is -2.11. The normalized spacial score (nSPS) is 14.1. The lowest BCUT2D eigenvalue weighted by atomic mass is 10.2. The van der Waals surface area contributed by atoms with E-state index in [4.69, 9.17) is 5.26 Å². The molecule has 1 aliphatic rings. The maximum absolute atomic E-state index is 8.52. The largest absolute Gasteiger partial charge is 0.303 e. The van der Waals surface area contributed by atoms with Crippen LogP contribution in [0.4, 0.5) is 5.69 Å². The molecule has 0 aliphatic carbocycles. The second-order valence-electron chi connectivity index (χ2n) is 2.66. The molecule has 0 spiro atoms. The van der Waals surface area contributed by atoms with Gasteiger partial charge < -0.3 is 4.31 Å². The van der Waals surface area contributed by atoms with Gasteiger partial charge in [-0.15, -0.1) is 0 Å². The van der Waals surface area contributed by atoms with Crippen LogP contribution in [0.1, 0.15) is 5.56 Å². The van der Waals surface area contributed by atoms with Crippen molar-refractivity contribution in [3.8, 4) is 5.40 Å². The van der Waals surface area contributed by atoms with E-state index in [0.29, 0.717) is 0 Å². The number of hydrogen-bond acceptors (Lipinski definition) is 3. The minimum absolute atomic E-state index is 0.956. The Morgan fingerprint density at radius 2 is 2.25 bits per heavy atom. The van der Waals surface area contributed by atoms with Crippen LogP contribution >= 0.6 is 11.9 Å². The fourth-order valence-electron chi connectivity index (χ4n) is 1.45. The highest BCUT2D eigenvalue weighted by Crippen LogP contribution is 2.31. The Morgan fingerprint density at radius 1 is 1.42 bits per heavy atom. The average Bonchev–Trinajstić information content (AvgIpc) is 2.50. The molecule has 0 saturated carbocycles. The van der Waals surface area contributed by atoms with Crippen LogP contribution in [0.2, 0.25) is 0 Å². The van der Waals surface area contributed by atoms with Crippen LogP contribution in [0, 0.1) is 10.7 Å². The summed E-state index contributed by atoms with van der Waals surface area (Å²) in [7, 11) is 0. The molecule has 0 N–H and O–H groups in total. The van der Waals surface area contributed by atoms with Crippen molar-refractivity contribution < 1.29 is 0 Å². The van der Waals surface area contributed by atoms with Gasteiger partial charge in [-0.3, -0.25) is 0 Å². The Hall–Kier alpha value is -1.14. The molecule has 12 heavy (non-hydrogen) atoms. The summed E-state index contributed by atoms with van der Waals surface area (Å²) in [6, 6.07) is 8.23. The van der Waals surface area contributed by atoms with E-state index in [0.717, 1.165) is 13.0 Å². The van der Waals surface area contributed by atoms with Crippen LogP contribution in [0.15, 0.2) is 24.3 Å². The van der Waals surface area contributed by atoms with Crippen molar-refractivity contribution in [3.05, 3.63) is 29.8 Å². The summed E-state index contributed by atoms with van der Waals surface area (Å²) < 4.78 is 2.04. The minimum atomic E-state index is 0.956. The summed E-state index contributed by atoms with van der Waals surface area (Å²) >= 11 is 1.22. The number of thiocyanates is 1. The van der Waals surface area contributed by atoms with E-state index >= 15 is 0 Å². The van der Waals surface area contributed by atoms with Gasteiger partial charge in [0.15, 0.2) is 5.40 Å². The van der Waals surface area contributed by atoms with Gasteiger partial charge in [0.05, 0.1) is 17.6 Å². The second-order valence-corrected chi connectivity index (χ2v) is 3.47. The lowest BCUT2D eigenvalue weighted by molar-refractivity contribution is 1.06. The van der Waals surface area contributed by atoms with E-state index in [-0.39, 0.29) is 0 Å². The van der Waals surface area contributed by atoms with E-state index in [1.807, 2.05) is 16.4 Å². The first kappa shape index (κ1) is 7.51. The number of hydrogen-bond donors (Lipinski definition) is 0. The molecule has 0 fully saturated rings. The van der Waals surface area contributed by atoms with E-state index in [1.165, 1.54) is 23.2 Å². The predicted octanol–water partition coefficient (Wildman–Crippen LogP) is 2.18. The predicted molar refractivity (Wildman–Crippen MR) is 50.7 cm³/mol. The lowest BCUT2D eigenvalue weighted by Crippen LogP contribution is -2.08. The fourth-order valence-corrected chi connectivity index (χ4v) is 2.01. The third-order valence-electron chi connectivity index (χ3n) is 2.00. The highest BCUT2D eigenvalue weighted by Gasteiger charge is 2.18. The molecular formula is C9H8N2S. The molecule has 1 aliphatic heterocycles. The molecule has 2 rings (SSSR count). The van der Waals surface area contributed by atoms with Crippen LogP contribution in [-0.4, -0.2) is 6.54 Å². The van der Waals surface area contributed by atoms with E-state index < -0.39 is 0 Å². The van der Waals surface area contributed by atoms with Gasteiger partial charge in [0.2, 0.25) is 0 Å². The van der Waals surface area contributed by atoms with Crippen LogP contribution in [0.25, 0.3) is 0 Å². The van der Waals surface area contributed by atoms with Crippen molar-refractivity contribution in [1.29, 1.82) is 5.26 Å². The number of rotatable bonds is 1. The first-order chi connectivity index (χ1) is 5.92. The number of anilines is 1. The first-order valence-corrected chi connectivity index (χ1v) is 4.60. The Labute approximate surface area is 75.9 Å². The first-order valence-electron chi connectivity index (χ1n) is 3.83. The average molecular weight is 176 g/mol. The molecule has 0 amide bonds. The summed E-state index contributed by atoms with van der Waals surface area (Å²) in [5.41, 5.74) is 2.55. The molecule has 2 nitrogen and oxygen atoms in total. The summed E-state index contributed by atoms with van der Waals surface area (Å²) in [5.74, 6) is 0. The minimum Gasteiger partial charge on any atom is -0.303 e. The Kier molecular flexibility index (Phi) is 1.92. The number of nitriles is 1. The van der Waals surface area contributed by atoms with Crippen molar-refractivity contribution in [2.24, 2.45) is 0 Å². The van der Waals surface area contributed by atoms with Gasteiger partial charge in [-0.05, 0) is 18.1 Å². The maximum atomic E-state index is 8.52. The van der Waals surface area contributed by atoms with Gasteiger partial charge >= 0.3 is 0 Å². The van der Waals surface area contributed by atoms with Gasteiger partial charge in [0.1, 0.15) is 0 Å². The van der Waals surface area contributed by atoms with Gasteiger partial charge in [0, 0.05) is 6.54 Å². The summed E-state index contributed by atoms with van der Waals surface area (Å²) in [6.45, 7) is 0.956. The van der Waals surface area contributed by atoms with E-state index in [1.54, 1.807) is 0 Å². The molecular weight excluding hydrogens is 168 g/mol. The van der Waals surface area contributed by atoms with Crippen molar-refractivity contribution >= 4 is 17.6 Å². The monoisotopic (exact) mass is 176 g/mol. The summed E-state index contributed by atoms with van der Waals surface area (Å²) in [5, 5.41) is 10.6. The van der Waals surface area contributed by atoms with Crippen molar-refractivity contribution in [3.63, 3.8) is 0 Å². The fraction of sp³-hybridized carbons (Fsp3) is 0.222. The van der Waals surface area contributed by atoms with Crippen molar-refractivity contribution in [1.82, 2.24) is 0 Å². The zero-order valence-corrected chi connectivity index (χ0v) is 7.34. The van der Waals surface area contributed by atoms with Crippen molar-refractivity contribution in [2.45, 2.75) is 6.42 Å². The molecule has 1 aromatic carbocycles. The molecule has 1 heterocycles. The van der Waals surface area contributed by atoms with Gasteiger partial charge in [-0.25, -0.2) is 0 Å². The van der Waals surface area contributed by atoms with Crippen LogP contribution in [0.5, 0.6) is 0 Å². The SMILES string of the molecule is N#CSN1CCc2ccccc21. The number of nitrogens with zero attached hydrogens (tertiary/aromatic N) is 2. The van der Waals surface area contributed by atoms with Gasteiger partial charge in [0.25, 0.3) is 0 Å². The molecule has 0 saturated heterocycles. The van der Waals surface area contributed by atoms with E-state index in [2.05, 4.69) is 17.5 Å². The molecule has 0 unspecified atom stereocenters. The standard InChI is InChI=1S/C9H8N2S/c10-7-12-11-6-5-8-3-1-2-4-9(8)11/h1-4H,5-6H2. The third-order valence-corrected chi connectivity index (χ3v) is 2.68. The summed E-state index contributed by atoms with van der Waals surface area (Å²) in [6.07, 6.45) is 1.06. The second kappa shape index (κ2) is 3.08. The highest BCUT2D eigenvalue weighted by atomic mass is 32.2. The zero-order valence-electron chi connectivity index (χ0n) is 6.53. The maximum Gasteiger partial charge on any atom is 0.156 e. The topological polar surface area (TPSA) is 27.0 Å². The van der Waals surface area contributed by atoms with Crippen LogP contribution in [0.3, 0.4) is 0 Å². The van der Waals surface area contributed by atoms with Gasteiger partial charge in [-0.1, -0.05) is 18.2 Å². The Bertz CT molecular complexity index is 330. The molecule has 0 bridgehead atoms. The summed E-state index contributed by atoms with van der Waals surface area (Å²) in [4.78, 5) is 0. The number of fused-ring (bicyclic) bond motifs is 1. The van der Waals surface area contributed by atoms with Gasteiger partial charge in [-0.2, -0.15) is 5.26 Å². The molecule has 60 valence electrons. The smallest absolute Gasteiger partial charge is 0.156 e. The van der Waals surface area contributed by atoms with E-state index in [9.17, 15) is 0 Å². The Balaban J connectivity index is 2.31. The third kappa shape index (κ3) is 1.15. The molecule has 0 atom stereocenters. The molecule has 3 heteroatoms. The molecule has 1 aromatic rings. The number of benzene rings is 1. The molecule has 0 radical (unpaired) electrons. The number of para-hydroxylation sites is 1. The molecule has 0 aromatic heterocycles. The van der Waals surface area contributed by atoms with Crippen molar-refractivity contribution in [2.75, 3.05) is 10.8 Å². The Morgan fingerprint density at radius 3 is 3.08 bits per heavy atom. The van der Waals surface area contributed by atoms with Crippen LogP contribution in [-0.2, 0) is 6.42 Å². The quantitative estimate of drug-likeness (QED) is 0.484. The highest BCUT2D eigenvalue weighted by molar-refractivity contribution is 8.05. The van der Waals surface area contributed by atoms with Crippen LogP contribution < -0.4 is 4.31 Å².